The fraction of sp³-hybridized carbons (Fsp3) is 0.923. The number of hydrogen-bond donors (Lipinski definition) is 1. The van der Waals surface area contributed by atoms with Gasteiger partial charge in [0, 0.05) is 25.0 Å². The van der Waals surface area contributed by atoms with Crippen LogP contribution >= 0.6 is 0 Å². The molecule has 0 aromatic heterocycles. The Balaban J connectivity index is 2.39. The standard InChI is InChI=1S/C13H26N2O/c1-5-14-11(4)8-13(16)15(10(2)3)9-12-6-7-12/h10-12,14H,5-9H2,1-4H3. The predicted molar refractivity (Wildman–Crippen MR) is 67.3 cm³/mol. The second kappa shape index (κ2) is 6.24. The van der Waals surface area contributed by atoms with E-state index >= 15 is 0 Å². The summed E-state index contributed by atoms with van der Waals surface area (Å²) < 4.78 is 0. The van der Waals surface area contributed by atoms with Crippen molar-refractivity contribution in [2.75, 3.05) is 13.1 Å². The maximum atomic E-state index is 12.1. The van der Waals surface area contributed by atoms with Crippen LogP contribution in [0.2, 0.25) is 0 Å². The molecular formula is C13H26N2O. The Kier molecular flexibility index (Phi) is 5.26. The molecule has 3 nitrogen and oxygen atoms in total. The summed E-state index contributed by atoms with van der Waals surface area (Å²) in [6.07, 6.45) is 3.23. The first-order chi connectivity index (χ1) is 7.54. The van der Waals surface area contributed by atoms with E-state index in [1.54, 1.807) is 0 Å². The van der Waals surface area contributed by atoms with Gasteiger partial charge in [0.1, 0.15) is 0 Å². The molecule has 1 atom stereocenters. The molecule has 16 heavy (non-hydrogen) atoms. The van der Waals surface area contributed by atoms with Crippen LogP contribution in [-0.4, -0.2) is 36.0 Å². The molecule has 1 unspecified atom stereocenters. The summed E-state index contributed by atoms with van der Waals surface area (Å²) in [6.45, 7) is 10.3. The zero-order valence-corrected chi connectivity index (χ0v) is 11.1. The highest BCUT2D eigenvalue weighted by Gasteiger charge is 2.28. The van der Waals surface area contributed by atoms with E-state index in [1.165, 1.54) is 12.8 Å². The molecule has 0 bridgehead atoms. The highest BCUT2D eigenvalue weighted by atomic mass is 16.2. The van der Waals surface area contributed by atoms with E-state index in [9.17, 15) is 4.79 Å². The Morgan fingerprint density at radius 3 is 2.44 bits per heavy atom. The molecule has 0 radical (unpaired) electrons. The van der Waals surface area contributed by atoms with Gasteiger partial charge < -0.3 is 10.2 Å². The molecule has 3 heteroatoms. The van der Waals surface area contributed by atoms with Gasteiger partial charge in [-0.15, -0.1) is 0 Å². The topological polar surface area (TPSA) is 32.3 Å². The van der Waals surface area contributed by atoms with Crippen molar-refractivity contribution in [2.45, 2.75) is 59.0 Å². The van der Waals surface area contributed by atoms with E-state index in [0.29, 0.717) is 18.4 Å². The number of nitrogens with zero attached hydrogens (tertiary/aromatic N) is 1. The normalized spacial score (nSPS) is 17.6. The van der Waals surface area contributed by atoms with E-state index in [1.807, 2.05) is 4.90 Å². The van der Waals surface area contributed by atoms with Gasteiger partial charge in [-0.25, -0.2) is 0 Å². The molecule has 0 aromatic rings. The summed E-state index contributed by atoms with van der Waals surface area (Å²) in [5.74, 6) is 1.08. The molecule has 1 amide bonds. The smallest absolute Gasteiger partial charge is 0.224 e. The minimum atomic E-state index is 0.290. The number of rotatable bonds is 7. The zero-order chi connectivity index (χ0) is 12.1. The van der Waals surface area contributed by atoms with Crippen molar-refractivity contribution >= 4 is 5.91 Å². The lowest BCUT2D eigenvalue weighted by atomic mass is 10.1. The van der Waals surface area contributed by atoms with Crippen molar-refractivity contribution in [3.63, 3.8) is 0 Å². The molecule has 0 aliphatic heterocycles. The van der Waals surface area contributed by atoms with Gasteiger partial charge in [0.05, 0.1) is 0 Å². The maximum Gasteiger partial charge on any atom is 0.224 e. The third-order valence-corrected chi connectivity index (χ3v) is 3.13. The quantitative estimate of drug-likeness (QED) is 0.720. The van der Waals surface area contributed by atoms with Gasteiger partial charge in [0.25, 0.3) is 0 Å². The first kappa shape index (κ1) is 13.5. The van der Waals surface area contributed by atoms with Crippen molar-refractivity contribution in [3.8, 4) is 0 Å². The van der Waals surface area contributed by atoms with Gasteiger partial charge in [-0.2, -0.15) is 0 Å². The first-order valence-corrected chi connectivity index (χ1v) is 6.57. The summed E-state index contributed by atoms with van der Waals surface area (Å²) in [7, 11) is 0. The Morgan fingerprint density at radius 2 is 2.00 bits per heavy atom. The Hall–Kier alpha value is -0.570. The third-order valence-electron chi connectivity index (χ3n) is 3.13. The molecule has 0 aromatic carbocycles. The predicted octanol–water partition coefficient (Wildman–Crippen LogP) is 2.02. The monoisotopic (exact) mass is 226 g/mol. The average molecular weight is 226 g/mol. The van der Waals surface area contributed by atoms with Crippen LogP contribution in [-0.2, 0) is 4.79 Å². The van der Waals surface area contributed by atoms with Crippen LogP contribution in [0.4, 0.5) is 0 Å². The molecule has 0 heterocycles. The van der Waals surface area contributed by atoms with E-state index < -0.39 is 0 Å². The minimum absolute atomic E-state index is 0.290. The fourth-order valence-electron chi connectivity index (χ4n) is 1.98. The van der Waals surface area contributed by atoms with Crippen LogP contribution in [0, 0.1) is 5.92 Å². The maximum absolute atomic E-state index is 12.1. The molecule has 1 saturated carbocycles. The lowest BCUT2D eigenvalue weighted by Crippen LogP contribution is -2.41. The Labute approximate surface area is 99.6 Å². The first-order valence-electron chi connectivity index (χ1n) is 6.57. The molecule has 0 spiro atoms. The molecule has 1 fully saturated rings. The van der Waals surface area contributed by atoms with Crippen molar-refractivity contribution in [1.82, 2.24) is 10.2 Å². The Bertz CT molecular complexity index is 224. The highest BCUT2D eigenvalue weighted by molar-refractivity contribution is 5.77. The van der Waals surface area contributed by atoms with E-state index in [-0.39, 0.29) is 6.04 Å². The minimum Gasteiger partial charge on any atom is -0.340 e. The number of hydrogen-bond acceptors (Lipinski definition) is 2. The zero-order valence-electron chi connectivity index (χ0n) is 11.1. The van der Waals surface area contributed by atoms with Crippen molar-refractivity contribution in [2.24, 2.45) is 5.92 Å². The largest absolute Gasteiger partial charge is 0.340 e. The second-order valence-electron chi connectivity index (χ2n) is 5.25. The molecule has 1 aliphatic carbocycles. The second-order valence-corrected chi connectivity index (χ2v) is 5.25. The number of nitrogens with one attached hydrogen (secondary N) is 1. The number of carbonyl (C=O) groups excluding carboxylic acids is 1. The lowest BCUT2D eigenvalue weighted by Gasteiger charge is -2.28. The molecule has 94 valence electrons. The van der Waals surface area contributed by atoms with Gasteiger partial charge in [0.15, 0.2) is 0 Å². The highest BCUT2D eigenvalue weighted by Crippen LogP contribution is 2.30. The molecule has 0 saturated heterocycles. The summed E-state index contributed by atoms with van der Waals surface area (Å²) in [4.78, 5) is 14.2. The van der Waals surface area contributed by atoms with E-state index in [0.717, 1.165) is 19.0 Å². The van der Waals surface area contributed by atoms with E-state index in [4.69, 9.17) is 0 Å². The van der Waals surface area contributed by atoms with E-state index in [2.05, 4.69) is 33.0 Å². The molecule has 1 rings (SSSR count). The number of amides is 1. The van der Waals surface area contributed by atoms with Crippen LogP contribution in [0.25, 0.3) is 0 Å². The van der Waals surface area contributed by atoms with Crippen molar-refractivity contribution < 1.29 is 4.79 Å². The fourth-order valence-corrected chi connectivity index (χ4v) is 1.98. The van der Waals surface area contributed by atoms with Crippen LogP contribution < -0.4 is 5.32 Å². The molecular weight excluding hydrogens is 200 g/mol. The van der Waals surface area contributed by atoms with Gasteiger partial charge in [-0.05, 0) is 46.1 Å². The molecule has 1 aliphatic rings. The van der Waals surface area contributed by atoms with Gasteiger partial charge >= 0.3 is 0 Å². The lowest BCUT2D eigenvalue weighted by molar-refractivity contribution is -0.133. The van der Waals surface area contributed by atoms with Gasteiger partial charge in [0.2, 0.25) is 5.91 Å². The summed E-state index contributed by atoms with van der Waals surface area (Å²) in [5.41, 5.74) is 0. The summed E-state index contributed by atoms with van der Waals surface area (Å²) in [5, 5.41) is 3.29. The van der Waals surface area contributed by atoms with Crippen LogP contribution in [0.15, 0.2) is 0 Å². The Morgan fingerprint density at radius 1 is 1.38 bits per heavy atom. The van der Waals surface area contributed by atoms with Crippen LogP contribution in [0.1, 0.15) is 47.0 Å². The van der Waals surface area contributed by atoms with Crippen LogP contribution in [0.3, 0.4) is 0 Å². The van der Waals surface area contributed by atoms with Crippen LogP contribution in [0.5, 0.6) is 0 Å². The SMILES string of the molecule is CCNC(C)CC(=O)N(CC1CC1)C(C)C. The molecule has 1 N–H and O–H groups in total. The number of carbonyl (C=O) groups is 1. The van der Waals surface area contributed by atoms with Gasteiger partial charge in [-0.3, -0.25) is 4.79 Å². The summed E-state index contributed by atoms with van der Waals surface area (Å²) in [6, 6.07) is 0.625. The van der Waals surface area contributed by atoms with Crippen molar-refractivity contribution in [3.05, 3.63) is 0 Å². The van der Waals surface area contributed by atoms with Crippen molar-refractivity contribution in [1.29, 1.82) is 0 Å². The van der Waals surface area contributed by atoms with Gasteiger partial charge in [-0.1, -0.05) is 6.92 Å². The average Bonchev–Trinajstić information content (AvgIpc) is 2.97. The third kappa shape index (κ3) is 4.52. The summed E-state index contributed by atoms with van der Waals surface area (Å²) >= 11 is 0.